The molecule has 1 aromatic rings. The number of nitrogens with one attached hydrogen (secondary N) is 1. The lowest BCUT2D eigenvalue weighted by molar-refractivity contribution is -0.122. The van der Waals surface area contributed by atoms with Crippen molar-refractivity contribution in [2.24, 2.45) is 5.84 Å². The zero-order valence-corrected chi connectivity index (χ0v) is 12.7. The number of carbonyl (C=O) groups excluding carboxylic acids is 2. The molecule has 5 nitrogen and oxygen atoms in total. The molecule has 2 amide bonds. The predicted octanol–water partition coefficient (Wildman–Crippen LogP) is 1.86. The molecule has 114 valence electrons. The highest BCUT2D eigenvalue weighted by Crippen LogP contribution is 2.41. The van der Waals surface area contributed by atoms with E-state index in [2.05, 4.69) is 5.43 Å². The summed E-state index contributed by atoms with van der Waals surface area (Å²) in [6.45, 7) is 4.64. The Kier molecular flexibility index (Phi) is 4.63. The van der Waals surface area contributed by atoms with Crippen LogP contribution in [0.2, 0.25) is 0 Å². The minimum atomic E-state index is -0.448. The molecule has 21 heavy (non-hydrogen) atoms. The zero-order valence-electron chi connectivity index (χ0n) is 12.7. The lowest BCUT2D eigenvalue weighted by Gasteiger charge is -2.20. The number of benzene rings is 1. The van der Waals surface area contributed by atoms with E-state index in [0.29, 0.717) is 13.0 Å². The van der Waals surface area contributed by atoms with Gasteiger partial charge in [0, 0.05) is 18.7 Å². The summed E-state index contributed by atoms with van der Waals surface area (Å²) in [4.78, 5) is 25.5. The molecule has 2 rings (SSSR count). The summed E-state index contributed by atoms with van der Waals surface area (Å²) in [5.41, 5.74) is 3.79. The van der Waals surface area contributed by atoms with Crippen LogP contribution < -0.4 is 16.2 Å². The van der Waals surface area contributed by atoms with Crippen LogP contribution in [0.15, 0.2) is 24.3 Å². The number of nitrogens with zero attached hydrogens (tertiary/aromatic N) is 1. The van der Waals surface area contributed by atoms with E-state index in [1.807, 2.05) is 43.0 Å². The summed E-state index contributed by atoms with van der Waals surface area (Å²) in [5.74, 6) is 5.05. The van der Waals surface area contributed by atoms with Crippen LogP contribution in [0.25, 0.3) is 0 Å². The summed E-state index contributed by atoms with van der Waals surface area (Å²) in [6.07, 6.45) is 3.01. The van der Waals surface area contributed by atoms with Crippen molar-refractivity contribution in [2.75, 3.05) is 11.4 Å². The number of para-hydroxylation sites is 1. The van der Waals surface area contributed by atoms with E-state index in [-0.39, 0.29) is 11.8 Å². The van der Waals surface area contributed by atoms with Crippen LogP contribution in [-0.2, 0) is 15.0 Å². The summed E-state index contributed by atoms with van der Waals surface area (Å²) < 4.78 is 0. The fourth-order valence-corrected chi connectivity index (χ4v) is 2.83. The van der Waals surface area contributed by atoms with Gasteiger partial charge in [0.2, 0.25) is 11.8 Å². The van der Waals surface area contributed by atoms with Crippen molar-refractivity contribution in [1.82, 2.24) is 5.43 Å². The molecule has 0 atom stereocenters. The molecule has 1 heterocycles. The van der Waals surface area contributed by atoms with Crippen LogP contribution in [0, 0.1) is 0 Å². The molecule has 0 aliphatic carbocycles. The van der Waals surface area contributed by atoms with Gasteiger partial charge in [-0.2, -0.15) is 0 Å². The number of hydrogen-bond acceptors (Lipinski definition) is 3. The van der Waals surface area contributed by atoms with Gasteiger partial charge in [0.15, 0.2) is 0 Å². The lowest BCUT2D eigenvalue weighted by atomic mass is 9.86. The van der Waals surface area contributed by atoms with Crippen molar-refractivity contribution in [3.8, 4) is 0 Å². The van der Waals surface area contributed by atoms with Crippen LogP contribution in [0.1, 0.15) is 45.1 Å². The van der Waals surface area contributed by atoms with Gasteiger partial charge >= 0.3 is 0 Å². The number of carbonyl (C=O) groups is 2. The second-order valence-electron chi connectivity index (χ2n) is 5.98. The standard InChI is InChI=1S/C16H23N3O2/c1-16(2)12-8-5-6-9-13(12)19(15(16)21)11-7-3-4-10-14(20)18-17/h5-6,8-9H,3-4,7,10-11,17H2,1-2H3,(H,18,20). The average molecular weight is 289 g/mol. The van der Waals surface area contributed by atoms with Gasteiger partial charge in [-0.15, -0.1) is 0 Å². The summed E-state index contributed by atoms with van der Waals surface area (Å²) in [6, 6.07) is 7.97. The minimum absolute atomic E-state index is 0.140. The largest absolute Gasteiger partial charge is 0.311 e. The van der Waals surface area contributed by atoms with Crippen molar-refractivity contribution in [3.63, 3.8) is 0 Å². The number of nitrogens with two attached hydrogens (primary N) is 1. The Bertz CT molecular complexity index is 540. The molecule has 0 spiro atoms. The van der Waals surface area contributed by atoms with E-state index in [4.69, 9.17) is 5.84 Å². The third kappa shape index (κ3) is 3.08. The van der Waals surface area contributed by atoms with E-state index in [9.17, 15) is 9.59 Å². The van der Waals surface area contributed by atoms with Gasteiger partial charge in [0.25, 0.3) is 0 Å². The van der Waals surface area contributed by atoms with Crippen molar-refractivity contribution in [2.45, 2.75) is 44.9 Å². The van der Waals surface area contributed by atoms with Crippen LogP contribution in [0.4, 0.5) is 5.69 Å². The van der Waals surface area contributed by atoms with Gasteiger partial charge in [-0.05, 0) is 38.3 Å². The molecule has 0 fully saturated rings. The molecule has 1 aliphatic heterocycles. The molecule has 0 aromatic heterocycles. The maximum atomic E-state index is 12.5. The van der Waals surface area contributed by atoms with Gasteiger partial charge in [0.05, 0.1) is 5.41 Å². The van der Waals surface area contributed by atoms with Crippen LogP contribution in [-0.4, -0.2) is 18.4 Å². The van der Waals surface area contributed by atoms with Gasteiger partial charge in [-0.1, -0.05) is 24.6 Å². The first-order chi connectivity index (χ1) is 9.98. The molecule has 0 radical (unpaired) electrons. The van der Waals surface area contributed by atoms with Gasteiger partial charge in [-0.3, -0.25) is 15.0 Å². The normalized spacial score (nSPS) is 16.0. The number of hydrogen-bond donors (Lipinski definition) is 2. The summed E-state index contributed by atoms with van der Waals surface area (Å²) in [7, 11) is 0. The first-order valence-corrected chi connectivity index (χ1v) is 7.39. The number of unbranched alkanes of at least 4 members (excludes halogenated alkanes) is 2. The second kappa shape index (κ2) is 6.26. The topological polar surface area (TPSA) is 75.4 Å². The Labute approximate surface area is 125 Å². The van der Waals surface area contributed by atoms with Crippen LogP contribution in [0.5, 0.6) is 0 Å². The fraction of sp³-hybridized carbons (Fsp3) is 0.500. The van der Waals surface area contributed by atoms with Gasteiger partial charge in [0.1, 0.15) is 0 Å². The summed E-state index contributed by atoms with van der Waals surface area (Å²) >= 11 is 0. The quantitative estimate of drug-likeness (QED) is 0.363. The van der Waals surface area contributed by atoms with E-state index >= 15 is 0 Å². The number of fused-ring (bicyclic) bond motifs is 1. The highest BCUT2D eigenvalue weighted by molar-refractivity contribution is 6.07. The third-order valence-electron chi connectivity index (χ3n) is 4.09. The molecular weight excluding hydrogens is 266 g/mol. The second-order valence-corrected chi connectivity index (χ2v) is 5.98. The molecular formula is C16H23N3O2. The molecule has 0 bridgehead atoms. The maximum absolute atomic E-state index is 12.5. The number of rotatable bonds is 6. The fourth-order valence-electron chi connectivity index (χ4n) is 2.83. The first kappa shape index (κ1) is 15.5. The highest BCUT2D eigenvalue weighted by Gasteiger charge is 2.43. The SMILES string of the molecule is CC1(C)C(=O)N(CCCCCC(=O)NN)c2ccccc21. The lowest BCUT2D eigenvalue weighted by Crippen LogP contribution is -2.36. The Morgan fingerprint density at radius 3 is 2.67 bits per heavy atom. The molecule has 3 N–H and O–H groups in total. The van der Waals surface area contributed by atoms with Crippen molar-refractivity contribution in [3.05, 3.63) is 29.8 Å². The van der Waals surface area contributed by atoms with E-state index < -0.39 is 5.41 Å². The Morgan fingerprint density at radius 1 is 1.24 bits per heavy atom. The molecule has 0 unspecified atom stereocenters. The third-order valence-corrected chi connectivity index (χ3v) is 4.09. The molecule has 1 aromatic carbocycles. The highest BCUT2D eigenvalue weighted by atomic mass is 16.2. The average Bonchev–Trinajstić information content (AvgIpc) is 2.67. The van der Waals surface area contributed by atoms with Crippen molar-refractivity contribution >= 4 is 17.5 Å². The maximum Gasteiger partial charge on any atom is 0.237 e. The first-order valence-electron chi connectivity index (χ1n) is 7.39. The summed E-state index contributed by atoms with van der Waals surface area (Å²) in [5, 5.41) is 0. The Morgan fingerprint density at radius 2 is 1.95 bits per heavy atom. The zero-order chi connectivity index (χ0) is 15.5. The van der Waals surface area contributed by atoms with Crippen molar-refractivity contribution in [1.29, 1.82) is 0 Å². The Balaban J connectivity index is 1.92. The van der Waals surface area contributed by atoms with Crippen LogP contribution in [0.3, 0.4) is 0 Å². The van der Waals surface area contributed by atoms with E-state index in [0.717, 1.165) is 30.5 Å². The van der Waals surface area contributed by atoms with Gasteiger partial charge < -0.3 is 4.90 Å². The predicted molar refractivity (Wildman–Crippen MR) is 82.6 cm³/mol. The van der Waals surface area contributed by atoms with Crippen LogP contribution >= 0.6 is 0 Å². The Hall–Kier alpha value is -1.88. The number of anilines is 1. The minimum Gasteiger partial charge on any atom is -0.311 e. The van der Waals surface area contributed by atoms with E-state index in [1.54, 1.807) is 0 Å². The van der Waals surface area contributed by atoms with Gasteiger partial charge in [-0.25, -0.2) is 5.84 Å². The van der Waals surface area contributed by atoms with E-state index in [1.165, 1.54) is 0 Å². The number of amides is 2. The smallest absolute Gasteiger partial charge is 0.237 e. The molecule has 0 saturated heterocycles. The molecule has 5 heteroatoms. The molecule has 1 aliphatic rings. The monoisotopic (exact) mass is 289 g/mol. The number of hydrazine groups is 1. The van der Waals surface area contributed by atoms with Crippen molar-refractivity contribution < 1.29 is 9.59 Å². The molecule has 0 saturated carbocycles.